The second kappa shape index (κ2) is 11.3. The van der Waals surface area contributed by atoms with E-state index in [-0.39, 0.29) is 18.3 Å². The predicted octanol–water partition coefficient (Wildman–Crippen LogP) is 5.28. The van der Waals surface area contributed by atoms with Crippen LogP contribution in [0.4, 0.5) is 5.82 Å². The Morgan fingerprint density at radius 3 is 2.57 bits per heavy atom. The number of anilines is 1. The minimum absolute atomic E-state index is 0.185. The van der Waals surface area contributed by atoms with Crippen molar-refractivity contribution in [2.24, 2.45) is 5.92 Å². The van der Waals surface area contributed by atoms with Crippen molar-refractivity contribution in [2.45, 2.75) is 25.8 Å². The maximum Gasteiger partial charge on any atom is 0.267 e. The summed E-state index contributed by atoms with van der Waals surface area (Å²) in [6.45, 7) is 2.07. The van der Waals surface area contributed by atoms with E-state index >= 15 is 0 Å². The highest BCUT2D eigenvalue weighted by Crippen LogP contribution is 2.37. The van der Waals surface area contributed by atoms with Crippen LogP contribution in [-0.2, 0) is 17.8 Å². The van der Waals surface area contributed by atoms with Crippen LogP contribution in [-0.4, -0.2) is 44.4 Å². The average Bonchev–Trinajstić information content (AvgIpc) is 3.59. The van der Waals surface area contributed by atoms with Gasteiger partial charge in [-0.3, -0.25) is 18.9 Å². The normalized spacial score (nSPS) is 18.0. The van der Waals surface area contributed by atoms with Gasteiger partial charge in [-0.15, -0.1) is 0 Å². The molecule has 0 atom stereocenters. The number of carbonyl (C=O) groups is 1. The van der Waals surface area contributed by atoms with Crippen LogP contribution >= 0.6 is 24.0 Å². The molecule has 42 heavy (non-hydrogen) atoms. The van der Waals surface area contributed by atoms with E-state index in [0.717, 1.165) is 37.9 Å². The SMILES string of the molecule is O=C1/C(=C\c2c(N3CCC(Cc4ccccc4)CC3)nc3ccccn3c2=O)SC(=S)N1Cc1ccc2c(c1)OCO2. The Labute approximate surface area is 252 Å². The number of nitrogens with zero attached hydrogens (tertiary/aromatic N) is 4. The van der Waals surface area contributed by atoms with Gasteiger partial charge in [0.15, 0.2) is 11.5 Å². The van der Waals surface area contributed by atoms with E-state index in [2.05, 4.69) is 29.2 Å². The first-order valence-corrected chi connectivity index (χ1v) is 15.2. The van der Waals surface area contributed by atoms with Crippen LogP contribution in [0.15, 0.2) is 82.6 Å². The molecule has 0 unspecified atom stereocenters. The third-order valence-corrected chi connectivity index (χ3v) is 9.33. The number of carbonyl (C=O) groups excluding carboxylic acids is 1. The molecular formula is C32H28N4O4S2. The lowest BCUT2D eigenvalue weighted by Gasteiger charge is -2.33. The fraction of sp³-hybridized carbons (Fsp3) is 0.250. The first kappa shape index (κ1) is 26.7. The lowest BCUT2D eigenvalue weighted by atomic mass is 9.90. The second-order valence-electron chi connectivity index (χ2n) is 10.7. The van der Waals surface area contributed by atoms with Gasteiger partial charge in [0.1, 0.15) is 15.8 Å². The van der Waals surface area contributed by atoms with Gasteiger partial charge >= 0.3 is 0 Å². The Morgan fingerprint density at radius 2 is 1.74 bits per heavy atom. The van der Waals surface area contributed by atoms with Crippen molar-refractivity contribution in [1.29, 1.82) is 0 Å². The smallest absolute Gasteiger partial charge is 0.267 e. The average molecular weight is 597 g/mol. The molecule has 212 valence electrons. The van der Waals surface area contributed by atoms with Crippen molar-refractivity contribution < 1.29 is 14.3 Å². The standard InChI is InChI=1S/C32H28N4O4S2/c37-30-24(18-27-31(38)36(32(41)42-27)19-23-9-10-25-26(17-23)40-20-39-25)29(33-28-8-4-5-13-35(28)30)34-14-11-22(12-15-34)16-21-6-2-1-3-7-21/h1-10,13,17-18,22H,11-12,14-16,19-20H2/b27-18+. The lowest BCUT2D eigenvalue weighted by Crippen LogP contribution is -2.37. The molecule has 0 saturated carbocycles. The quantitative estimate of drug-likeness (QED) is 0.220. The fourth-order valence-corrected chi connectivity index (χ4v) is 6.98. The van der Waals surface area contributed by atoms with Crippen LogP contribution < -0.4 is 19.9 Å². The van der Waals surface area contributed by atoms with Crippen molar-refractivity contribution in [3.63, 3.8) is 0 Å². The van der Waals surface area contributed by atoms with Gasteiger partial charge in [-0.2, -0.15) is 0 Å². The van der Waals surface area contributed by atoms with Crippen molar-refractivity contribution in [3.05, 3.63) is 105 Å². The van der Waals surface area contributed by atoms with Crippen molar-refractivity contribution >= 4 is 51.7 Å². The molecule has 4 aromatic rings. The van der Waals surface area contributed by atoms with Crippen molar-refractivity contribution in [3.8, 4) is 11.5 Å². The number of pyridine rings is 1. The molecule has 10 heteroatoms. The molecule has 5 heterocycles. The van der Waals surface area contributed by atoms with E-state index in [9.17, 15) is 9.59 Å². The van der Waals surface area contributed by atoms with Crippen LogP contribution in [0.2, 0.25) is 0 Å². The summed E-state index contributed by atoms with van der Waals surface area (Å²) in [4.78, 5) is 36.5. The number of rotatable bonds is 6. The van der Waals surface area contributed by atoms with E-state index in [1.165, 1.54) is 21.7 Å². The Kier molecular flexibility index (Phi) is 7.17. The van der Waals surface area contributed by atoms with Gasteiger partial charge in [0.25, 0.3) is 11.5 Å². The molecule has 2 fully saturated rings. The van der Waals surface area contributed by atoms with E-state index in [1.54, 1.807) is 23.2 Å². The largest absolute Gasteiger partial charge is 0.454 e. The molecule has 0 bridgehead atoms. The molecule has 3 aliphatic rings. The second-order valence-corrected chi connectivity index (χ2v) is 12.3. The number of amides is 1. The third-order valence-electron chi connectivity index (χ3n) is 7.96. The Bertz CT molecular complexity index is 1780. The number of ether oxygens (including phenoxy) is 2. The van der Waals surface area contributed by atoms with Gasteiger partial charge in [-0.05, 0) is 66.6 Å². The molecule has 0 radical (unpaired) electrons. The highest BCUT2D eigenvalue weighted by atomic mass is 32.2. The summed E-state index contributed by atoms with van der Waals surface area (Å²) in [5.74, 6) is 2.30. The van der Waals surface area contributed by atoms with E-state index in [1.807, 2.05) is 36.4 Å². The van der Waals surface area contributed by atoms with Gasteiger partial charge in [0, 0.05) is 19.3 Å². The molecule has 7 rings (SSSR count). The van der Waals surface area contributed by atoms with Gasteiger partial charge in [0.2, 0.25) is 6.79 Å². The van der Waals surface area contributed by atoms with Crippen LogP contribution in [0.1, 0.15) is 29.5 Å². The molecule has 0 spiro atoms. The minimum Gasteiger partial charge on any atom is -0.454 e. The maximum atomic E-state index is 13.8. The number of aromatic nitrogens is 2. The van der Waals surface area contributed by atoms with Crippen LogP contribution in [0.3, 0.4) is 0 Å². The van der Waals surface area contributed by atoms with E-state index in [4.69, 9.17) is 26.7 Å². The molecule has 2 aromatic heterocycles. The maximum absolute atomic E-state index is 13.8. The molecular weight excluding hydrogens is 569 g/mol. The van der Waals surface area contributed by atoms with Crippen molar-refractivity contribution in [2.75, 3.05) is 24.8 Å². The predicted molar refractivity (Wildman–Crippen MR) is 168 cm³/mol. The number of thioether (sulfide) groups is 1. The molecule has 0 N–H and O–H groups in total. The summed E-state index contributed by atoms with van der Waals surface area (Å²) in [5, 5.41) is 0. The molecule has 2 saturated heterocycles. The summed E-state index contributed by atoms with van der Waals surface area (Å²) in [5.41, 5.74) is 3.01. The van der Waals surface area contributed by atoms with Crippen molar-refractivity contribution in [1.82, 2.24) is 14.3 Å². The number of hydrogen-bond acceptors (Lipinski definition) is 8. The number of fused-ring (bicyclic) bond motifs is 2. The Morgan fingerprint density at radius 1 is 0.952 bits per heavy atom. The molecule has 0 aliphatic carbocycles. The van der Waals surface area contributed by atoms with Crippen LogP contribution in [0, 0.1) is 5.92 Å². The van der Waals surface area contributed by atoms with E-state index in [0.29, 0.717) is 50.2 Å². The topological polar surface area (TPSA) is 76.4 Å². The molecule has 8 nitrogen and oxygen atoms in total. The highest BCUT2D eigenvalue weighted by Gasteiger charge is 2.34. The minimum atomic E-state index is -0.229. The third kappa shape index (κ3) is 5.16. The number of thiocarbonyl (C=S) groups is 1. The first-order valence-electron chi connectivity index (χ1n) is 14.0. The number of hydrogen-bond donors (Lipinski definition) is 0. The van der Waals surface area contributed by atoms with Crippen LogP contribution in [0.25, 0.3) is 11.7 Å². The zero-order valence-corrected chi connectivity index (χ0v) is 24.4. The monoisotopic (exact) mass is 596 g/mol. The zero-order valence-electron chi connectivity index (χ0n) is 22.8. The fourth-order valence-electron chi connectivity index (χ4n) is 5.74. The Balaban J connectivity index is 1.17. The van der Waals surface area contributed by atoms with E-state index < -0.39 is 0 Å². The zero-order chi connectivity index (χ0) is 28.6. The van der Waals surface area contributed by atoms with Gasteiger partial charge in [-0.1, -0.05) is 66.4 Å². The van der Waals surface area contributed by atoms with Gasteiger partial charge < -0.3 is 14.4 Å². The summed E-state index contributed by atoms with van der Waals surface area (Å²) < 4.78 is 12.9. The molecule has 3 aliphatic heterocycles. The number of benzene rings is 2. The number of piperidine rings is 1. The summed E-state index contributed by atoms with van der Waals surface area (Å²) in [7, 11) is 0. The first-order chi connectivity index (χ1) is 20.5. The lowest BCUT2D eigenvalue weighted by molar-refractivity contribution is -0.122. The van der Waals surface area contributed by atoms with Crippen LogP contribution in [0.5, 0.6) is 11.5 Å². The Hall–Kier alpha value is -4.15. The molecule has 2 aromatic carbocycles. The summed E-state index contributed by atoms with van der Waals surface area (Å²) in [6.07, 6.45) is 6.44. The highest BCUT2D eigenvalue weighted by molar-refractivity contribution is 8.26. The summed E-state index contributed by atoms with van der Waals surface area (Å²) >= 11 is 6.82. The van der Waals surface area contributed by atoms with Gasteiger partial charge in [0.05, 0.1) is 17.0 Å². The molecule has 1 amide bonds. The van der Waals surface area contributed by atoms with Gasteiger partial charge in [-0.25, -0.2) is 4.98 Å². The summed E-state index contributed by atoms with van der Waals surface area (Å²) in [6, 6.07) is 21.7.